The van der Waals surface area contributed by atoms with E-state index in [1.54, 1.807) is 37.3 Å². The van der Waals surface area contributed by atoms with Crippen molar-refractivity contribution < 1.29 is 23.9 Å². The number of aryl methyl sites for hydroxylation is 1. The standard InChI is InChI=1S/C23H19Cl2NO5S/c1-4-31-23(29)18-19(27)17(10-14-9-15(24)11-16(25)20(14)30-3)32-22(18)26-21(28)13-7-5-12(2)6-8-13/h5-11,18H,4H2,1-3H3/b17-10-,26-22?. The highest BCUT2D eigenvalue weighted by Crippen LogP contribution is 2.40. The van der Waals surface area contributed by atoms with Crippen LogP contribution in [0.15, 0.2) is 46.3 Å². The van der Waals surface area contributed by atoms with Gasteiger partial charge in [0.25, 0.3) is 5.91 Å². The van der Waals surface area contributed by atoms with Gasteiger partial charge in [-0.25, -0.2) is 4.99 Å². The summed E-state index contributed by atoms with van der Waals surface area (Å²) in [4.78, 5) is 42.5. The molecule has 32 heavy (non-hydrogen) atoms. The molecule has 1 amide bonds. The molecule has 0 saturated carbocycles. The van der Waals surface area contributed by atoms with Gasteiger partial charge in [0.2, 0.25) is 0 Å². The van der Waals surface area contributed by atoms with Gasteiger partial charge < -0.3 is 9.47 Å². The molecule has 1 aliphatic rings. The number of ether oxygens (including phenoxy) is 2. The number of ketones is 1. The minimum absolute atomic E-state index is 0.0531. The fourth-order valence-electron chi connectivity index (χ4n) is 3.00. The first-order chi connectivity index (χ1) is 15.2. The van der Waals surface area contributed by atoms with Gasteiger partial charge in [-0.1, -0.05) is 52.7 Å². The molecule has 0 aliphatic carbocycles. The lowest BCUT2D eigenvalue weighted by Crippen LogP contribution is -2.27. The van der Waals surface area contributed by atoms with Crippen molar-refractivity contribution in [3.8, 4) is 5.75 Å². The fraction of sp³-hybridized carbons (Fsp3) is 0.217. The van der Waals surface area contributed by atoms with Crippen molar-refractivity contribution in [2.24, 2.45) is 10.9 Å². The molecule has 0 aromatic heterocycles. The van der Waals surface area contributed by atoms with Crippen molar-refractivity contribution in [2.45, 2.75) is 13.8 Å². The number of hydrogen-bond acceptors (Lipinski definition) is 6. The number of methoxy groups -OCH3 is 1. The van der Waals surface area contributed by atoms with E-state index in [-0.39, 0.29) is 21.6 Å². The van der Waals surface area contributed by atoms with E-state index in [1.807, 2.05) is 6.92 Å². The molecule has 2 aromatic rings. The molecule has 2 aromatic carbocycles. The molecular formula is C23H19Cl2NO5S. The van der Waals surface area contributed by atoms with E-state index in [9.17, 15) is 14.4 Å². The van der Waals surface area contributed by atoms with Gasteiger partial charge >= 0.3 is 5.97 Å². The van der Waals surface area contributed by atoms with Crippen LogP contribution in [0.2, 0.25) is 10.0 Å². The Labute approximate surface area is 199 Å². The summed E-state index contributed by atoms with van der Waals surface area (Å²) in [6.45, 7) is 3.62. The number of aliphatic imine (C=N–C) groups is 1. The second-order valence-electron chi connectivity index (χ2n) is 6.79. The number of hydrogen-bond donors (Lipinski definition) is 0. The Kier molecular flexibility index (Phi) is 7.77. The average Bonchev–Trinajstić information content (AvgIpc) is 3.03. The number of esters is 1. The SMILES string of the molecule is CCOC(=O)C1C(=O)/C(=C/c2cc(Cl)cc(Cl)c2OC)SC1=NC(=O)c1ccc(C)cc1. The maximum Gasteiger partial charge on any atom is 0.323 e. The zero-order valence-corrected chi connectivity index (χ0v) is 19.8. The molecule has 3 rings (SSSR count). The molecule has 0 N–H and O–H groups in total. The average molecular weight is 492 g/mol. The lowest BCUT2D eigenvalue weighted by molar-refractivity contribution is -0.147. The van der Waals surface area contributed by atoms with Crippen LogP contribution >= 0.6 is 35.0 Å². The minimum atomic E-state index is -1.32. The Bertz CT molecular complexity index is 1140. The molecule has 9 heteroatoms. The van der Waals surface area contributed by atoms with Gasteiger partial charge in [-0.05, 0) is 44.2 Å². The molecule has 1 heterocycles. The summed E-state index contributed by atoms with van der Waals surface area (Å²) in [5, 5.41) is 0.675. The topological polar surface area (TPSA) is 82.0 Å². The number of allylic oxidation sites excluding steroid dienone is 1. The van der Waals surface area contributed by atoms with Gasteiger partial charge in [0, 0.05) is 16.1 Å². The maximum atomic E-state index is 13.1. The predicted octanol–water partition coefficient (Wildman–Crippen LogP) is 5.39. The van der Waals surface area contributed by atoms with Crippen LogP contribution in [0.25, 0.3) is 6.08 Å². The molecule has 0 spiro atoms. The van der Waals surface area contributed by atoms with E-state index in [0.717, 1.165) is 17.3 Å². The molecule has 6 nitrogen and oxygen atoms in total. The zero-order chi connectivity index (χ0) is 23.4. The third-order valence-corrected chi connectivity index (χ3v) is 6.10. The quantitative estimate of drug-likeness (QED) is 0.317. The molecule has 1 saturated heterocycles. The molecular weight excluding hydrogens is 473 g/mol. The lowest BCUT2D eigenvalue weighted by atomic mass is 10.0. The molecule has 1 aliphatic heterocycles. The van der Waals surface area contributed by atoms with Crippen molar-refractivity contribution in [3.05, 3.63) is 68.0 Å². The van der Waals surface area contributed by atoms with Gasteiger partial charge in [-0.3, -0.25) is 14.4 Å². The first kappa shape index (κ1) is 24.0. The second-order valence-corrected chi connectivity index (χ2v) is 8.70. The molecule has 1 fully saturated rings. The highest BCUT2D eigenvalue weighted by molar-refractivity contribution is 8.19. The van der Waals surface area contributed by atoms with Crippen molar-refractivity contribution in [3.63, 3.8) is 0 Å². The third-order valence-electron chi connectivity index (χ3n) is 4.53. The van der Waals surface area contributed by atoms with Gasteiger partial charge in [0.15, 0.2) is 11.7 Å². The summed E-state index contributed by atoms with van der Waals surface area (Å²) in [5.74, 6) is -2.84. The monoisotopic (exact) mass is 491 g/mol. The van der Waals surface area contributed by atoms with Crippen molar-refractivity contribution in [2.75, 3.05) is 13.7 Å². The van der Waals surface area contributed by atoms with E-state index in [2.05, 4.69) is 4.99 Å². The Morgan fingerprint density at radius 1 is 1.19 bits per heavy atom. The van der Waals surface area contributed by atoms with Crippen LogP contribution in [0, 0.1) is 12.8 Å². The third kappa shape index (κ3) is 5.23. The van der Waals surface area contributed by atoms with Crippen molar-refractivity contribution >= 4 is 63.7 Å². The highest BCUT2D eigenvalue weighted by atomic mass is 35.5. The molecule has 0 bridgehead atoms. The zero-order valence-electron chi connectivity index (χ0n) is 17.5. The van der Waals surface area contributed by atoms with Crippen LogP contribution in [0.3, 0.4) is 0 Å². The Morgan fingerprint density at radius 2 is 1.88 bits per heavy atom. The Hall–Kier alpha value is -2.61. The number of halogens is 2. The highest BCUT2D eigenvalue weighted by Gasteiger charge is 2.43. The van der Waals surface area contributed by atoms with Crippen LogP contribution in [-0.4, -0.2) is 36.4 Å². The molecule has 1 atom stereocenters. The van der Waals surface area contributed by atoms with Crippen LogP contribution < -0.4 is 4.74 Å². The summed E-state index contributed by atoms with van der Waals surface area (Å²) in [7, 11) is 1.44. The number of carbonyl (C=O) groups is 3. The smallest absolute Gasteiger partial charge is 0.323 e. The van der Waals surface area contributed by atoms with Crippen LogP contribution in [0.4, 0.5) is 0 Å². The Balaban J connectivity index is 2.04. The lowest BCUT2D eigenvalue weighted by Gasteiger charge is -2.08. The summed E-state index contributed by atoms with van der Waals surface area (Å²) in [5.41, 5.74) is 1.79. The molecule has 0 radical (unpaired) electrons. The van der Waals surface area contributed by atoms with E-state index < -0.39 is 23.6 Å². The van der Waals surface area contributed by atoms with E-state index >= 15 is 0 Å². The van der Waals surface area contributed by atoms with Gasteiger partial charge in [-0.15, -0.1) is 0 Å². The summed E-state index contributed by atoms with van der Waals surface area (Å²) in [6.07, 6.45) is 1.51. The number of thioether (sulfide) groups is 1. The minimum Gasteiger partial charge on any atom is -0.495 e. The first-order valence-corrected chi connectivity index (χ1v) is 11.1. The summed E-state index contributed by atoms with van der Waals surface area (Å²) < 4.78 is 10.4. The Morgan fingerprint density at radius 3 is 2.50 bits per heavy atom. The first-order valence-electron chi connectivity index (χ1n) is 9.58. The van der Waals surface area contributed by atoms with Crippen LogP contribution in [-0.2, 0) is 14.3 Å². The van der Waals surface area contributed by atoms with E-state index in [1.165, 1.54) is 19.3 Å². The summed E-state index contributed by atoms with van der Waals surface area (Å²) in [6, 6.07) is 9.94. The number of nitrogens with zero attached hydrogens (tertiary/aromatic N) is 1. The predicted molar refractivity (Wildman–Crippen MR) is 127 cm³/mol. The van der Waals surface area contributed by atoms with Crippen LogP contribution in [0.5, 0.6) is 5.75 Å². The molecule has 1 unspecified atom stereocenters. The van der Waals surface area contributed by atoms with Crippen molar-refractivity contribution in [1.29, 1.82) is 0 Å². The fourth-order valence-corrected chi connectivity index (χ4v) is 4.67. The van der Waals surface area contributed by atoms with E-state index in [0.29, 0.717) is 21.9 Å². The number of benzene rings is 2. The summed E-state index contributed by atoms with van der Waals surface area (Å²) >= 11 is 13.2. The second kappa shape index (κ2) is 10.3. The van der Waals surface area contributed by atoms with Crippen LogP contribution in [0.1, 0.15) is 28.4 Å². The van der Waals surface area contributed by atoms with Gasteiger partial charge in [0.05, 0.1) is 23.6 Å². The largest absolute Gasteiger partial charge is 0.495 e. The van der Waals surface area contributed by atoms with Gasteiger partial charge in [-0.2, -0.15) is 0 Å². The number of Topliss-reactive ketones (excluding diaryl/α,β-unsaturated/α-hetero) is 1. The number of amides is 1. The maximum absolute atomic E-state index is 13.1. The number of carbonyl (C=O) groups excluding carboxylic acids is 3. The van der Waals surface area contributed by atoms with Crippen molar-refractivity contribution in [1.82, 2.24) is 0 Å². The molecule has 166 valence electrons. The number of rotatable bonds is 5. The van der Waals surface area contributed by atoms with E-state index in [4.69, 9.17) is 32.7 Å². The normalized spacial score (nSPS) is 18.3. The van der Waals surface area contributed by atoms with Gasteiger partial charge in [0.1, 0.15) is 10.8 Å².